The quantitative estimate of drug-likeness (QED) is 0.302. The van der Waals surface area contributed by atoms with Crippen LogP contribution in [-0.2, 0) is 36.2 Å². The van der Waals surface area contributed by atoms with Crippen LogP contribution in [0.1, 0.15) is 2.85 Å². The third-order valence-electron chi connectivity index (χ3n) is 2.16. The van der Waals surface area contributed by atoms with Gasteiger partial charge in [-0.2, -0.15) is 0 Å². The van der Waals surface area contributed by atoms with Crippen molar-refractivity contribution < 1.29 is 59.5 Å². The fourth-order valence-electron chi connectivity index (χ4n) is 1.46. The second kappa shape index (κ2) is 13.0. The van der Waals surface area contributed by atoms with Crippen molar-refractivity contribution in [2.75, 3.05) is 39.3 Å². The number of hydrogen-bond acceptors (Lipinski definition) is 8. The van der Waals surface area contributed by atoms with Crippen LogP contribution in [0, 0.1) is 0 Å². The zero-order chi connectivity index (χ0) is 15.7. The van der Waals surface area contributed by atoms with Crippen LogP contribution in [0.25, 0.3) is 0 Å². The standard InChI is InChI=1S/C10H16N2O8.Fe.H3N.2H/c13-7(14)3-11(4-8(15)16)1-2-12(5-9(17)18)6-10(19)20;;;;/h1-6H2,(H,13,14)(H,15,16)(H,17,18)(H,19,20);;1H3;;/q;+3;;2*-1/p-1. The van der Waals surface area contributed by atoms with Crippen LogP contribution in [0.2, 0.25) is 0 Å². The van der Waals surface area contributed by atoms with Crippen molar-refractivity contribution in [1.82, 2.24) is 16.0 Å². The summed E-state index contributed by atoms with van der Waals surface area (Å²) in [4.78, 5) is 43.9. The summed E-state index contributed by atoms with van der Waals surface area (Å²) in [6.45, 7) is -2.75. The van der Waals surface area contributed by atoms with E-state index in [1.165, 1.54) is 0 Å². The summed E-state index contributed by atoms with van der Waals surface area (Å²) in [5, 5.41) is 38.0. The van der Waals surface area contributed by atoms with Gasteiger partial charge in [0.1, 0.15) is 0 Å². The first-order chi connectivity index (χ1) is 9.20. The molecule has 0 fully saturated rings. The van der Waals surface area contributed by atoms with Crippen LogP contribution in [0.3, 0.4) is 0 Å². The van der Waals surface area contributed by atoms with E-state index in [0.717, 1.165) is 9.80 Å². The largest absolute Gasteiger partial charge is 3.00 e. The minimum absolute atomic E-state index is 0. The number of carboxylic acid groups (broad SMARTS) is 4. The summed E-state index contributed by atoms with van der Waals surface area (Å²) in [7, 11) is 0. The van der Waals surface area contributed by atoms with E-state index in [9.17, 15) is 29.4 Å². The summed E-state index contributed by atoms with van der Waals surface area (Å²) < 4.78 is 0. The number of aliphatic carboxylic acids is 4. The molecule has 11 nitrogen and oxygen atoms in total. The predicted octanol–water partition coefficient (Wildman–Crippen LogP) is -4.14. The first kappa shape index (κ1) is 25.2. The normalized spacial score (nSPS) is 9.73. The van der Waals surface area contributed by atoms with Crippen molar-refractivity contribution in [1.29, 1.82) is 0 Å². The van der Waals surface area contributed by atoms with E-state index in [1.54, 1.807) is 0 Å². The van der Waals surface area contributed by atoms with Gasteiger partial charge >= 0.3 is 29.0 Å². The fourth-order valence-corrected chi connectivity index (χ4v) is 1.46. The van der Waals surface area contributed by atoms with Gasteiger partial charge in [-0.3, -0.25) is 19.4 Å². The number of nitrogens with zero attached hydrogens (tertiary/aromatic N) is 2. The Morgan fingerprint density at radius 3 is 1.27 bits per heavy atom. The topological polar surface area (TPSA) is 198 Å². The summed E-state index contributed by atoms with van der Waals surface area (Å²) in [5.74, 6) is -5.52. The first-order valence-corrected chi connectivity index (χ1v) is 5.48. The second-order valence-corrected chi connectivity index (χ2v) is 3.95. The van der Waals surface area contributed by atoms with E-state index in [4.69, 9.17) is 10.2 Å². The number of carbonyl (C=O) groups is 4. The van der Waals surface area contributed by atoms with Gasteiger partial charge in [0.05, 0.1) is 25.0 Å². The molecule has 0 saturated heterocycles. The average molecular weight is 366 g/mol. The van der Waals surface area contributed by atoms with Crippen LogP contribution in [0.15, 0.2) is 0 Å². The Balaban J connectivity index is -0.000000301. The van der Waals surface area contributed by atoms with Crippen LogP contribution in [-0.4, -0.2) is 83.2 Å². The second-order valence-electron chi connectivity index (χ2n) is 3.95. The molecule has 0 aliphatic carbocycles. The molecule has 0 saturated carbocycles. The van der Waals surface area contributed by atoms with Crippen molar-refractivity contribution in [3.63, 3.8) is 0 Å². The Morgan fingerprint density at radius 1 is 0.773 bits per heavy atom. The van der Waals surface area contributed by atoms with E-state index in [1.807, 2.05) is 0 Å². The fraction of sp³-hybridized carbons (Fsp3) is 0.600. The Hall–Kier alpha value is -1.72. The molecule has 1 radical (unpaired) electrons. The summed E-state index contributed by atoms with van der Waals surface area (Å²) in [5.41, 5.74) is 0. The Bertz CT molecular complexity index is 334. The van der Waals surface area contributed by atoms with E-state index >= 15 is 0 Å². The molecule has 12 heteroatoms. The molecule has 0 bridgehead atoms. The molecule has 22 heavy (non-hydrogen) atoms. The number of hydrogen-bond donors (Lipinski definition) is 3. The monoisotopic (exact) mass is 366 g/mol. The summed E-state index contributed by atoms with van der Waals surface area (Å²) in [6, 6.07) is 0. The average Bonchev–Trinajstić information content (AvgIpc) is 2.22. The molecular formula is C10H20FeN3O8. The molecule has 0 aliphatic heterocycles. The molecule has 0 aromatic carbocycles. The van der Waals surface area contributed by atoms with Crippen molar-refractivity contribution in [2.45, 2.75) is 0 Å². The molecule has 0 spiro atoms. The minimum atomic E-state index is -1.51. The van der Waals surface area contributed by atoms with Crippen LogP contribution in [0.5, 0.6) is 0 Å². The summed E-state index contributed by atoms with van der Waals surface area (Å²) in [6.07, 6.45) is 0. The smallest absolute Gasteiger partial charge is 1.00 e. The minimum Gasteiger partial charge on any atom is -1.00 e. The molecule has 0 unspecified atom stereocenters. The van der Waals surface area contributed by atoms with Gasteiger partial charge in [-0.1, -0.05) is 0 Å². The Kier molecular flexibility index (Phi) is 14.9. The molecule has 0 aromatic rings. The molecule has 0 atom stereocenters. The zero-order valence-electron chi connectivity index (χ0n) is 13.8. The zero-order valence-corrected chi connectivity index (χ0v) is 12.9. The maximum absolute atomic E-state index is 10.5. The molecule has 131 valence electrons. The van der Waals surface area contributed by atoms with Crippen LogP contribution in [0.4, 0.5) is 0 Å². The molecule has 6 N–H and O–H groups in total. The van der Waals surface area contributed by atoms with Gasteiger partial charge in [-0.15, -0.1) is 0 Å². The molecule has 0 rings (SSSR count). The van der Waals surface area contributed by atoms with Gasteiger partial charge in [0.15, 0.2) is 0 Å². The van der Waals surface area contributed by atoms with Gasteiger partial charge in [0.2, 0.25) is 0 Å². The SMILES string of the molecule is O=C([O-])CN(CCN(CC(=O)O)CC(=O)O)CC(=O)[O-].[Fe+3].[H-].[H-].[NH4+]. The summed E-state index contributed by atoms with van der Waals surface area (Å²) >= 11 is 0. The molecule has 0 heterocycles. The van der Waals surface area contributed by atoms with Crippen molar-refractivity contribution in [3.05, 3.63) is 0 Å². The molecule has 0 aliphatic rings. The van der Waals surface area contributed by atoms with Gasteiger partial charge in [-0.25, -0.2) is 0 Å². The van der Waals surface area contributed by atoms with Crippen LogP contribution >= 0.6 is 0 Å². The number of rotatable bonds is 11. The third-order valence-corrected chi connectivity index (χ3v) is 2.16. The number of carbonyl (C=O) groups excluding carboxylic acids is 2. The number of quaternary nitrogens is 1. The Morgan fingerprint density at radius 2 is 1.05 bits per heavy atom. The molecular weight excluding hydrogens is 346 g/mol. The van der Waals surface area contributed by atoms with E-state index in [2.05, 4.69) is 0 Å². The van der Waals surface area contributed by atoms with Crippen LogP contribution < -0.4 is 16.4 Å². The van der Waals surface area contributed by atoms with Crippen molar-refractivity contribution >= 4 is 23.9 Å². The first-order valence-electron chi connectivity index (χ1n) is 5.48. The van der Waals surface area contributed by atoms with Gasteiger partial charge < -0.3 is 39.0 Å². The predicted molar refractivity (Wildman–Crippen MR) is 66.4 cm³/mol. The van der Waals surface area contributed by atoms with Gasteiger partial charge in [-0.05, 0) is 0 Å². The van der Waals surface area contributed by atoms with Gasteiger partial charge in [0.25, 0.3) is 0 Å². The van der Waals surface area contributed by atoms with Crippen molar-refractivity contribution in [3.8, 4) is 0 Å². The van der Waals surface area contributed by atoms with Crippen molar-refractivity contribution in [2.24, 2.45) is 0 Å². The van der Waals surface area contributed by atoms with E-state index < -0.39 is 50.1 Å². The Labute approximate surface area is 139 Å². The molecule has 0 aromatic heterocycles. The third kappa shape index (κ3) is 14.7. The molecule has 0 amide bonds. The van der Waals surface area contributed by atoms with E-state index in [0.29, 0.717) is 0 Å². The van der Waals surface area contributed by atoms with Gasteiger partial charge in [0, 0.05) is 26.2 Å². The number of carboxylic acids is 4. The maximum Gasteiger partial charge on any atom is 3.00 e. The van der Waals surface area contributed by atoms with E-state index in [-0.39, 0.29) is 39.2 Å². The maximum atomic E-state index is 10.5.